The van der Waals surface area contributed by atoms with Crippen molar-refractivity contribution in [2.45, 2.75) is 17.2 Å². The van der Waals surface area contributed by atoms with Crippen LogP contribution in [0.4, 0.5) is 0 Å². The van der Waals surface area contributed by atoms with E-state index in [4.69, 9.17) is 9.62 Å². The van der Waals surface area contributed by atoms with Crippen LogP contribution in [0.3, 0.4) is 0 Å². The molecule has 2 unspecified atom stereocenters. The van der Waals surface area contributed by atoms with Crippen molar-refractivity contribution in [3.63, 3.8) is 0 Å². The Kier molecular flexibility index (Phi) is 3.82. The molecule has 35 heavy (non-hydrogen) atoms. The monoisotopic (exact) mass is 466 g/mol. The zero-order chi connectivity index (χ0) is 24.0. The molecule has 1 aliphatic carbocycles. The molecule has 4 aromatic carbocycles. The predicted molar refractivity (Wildman–Crippen MR) is 122 cm³/mol. The van der Waals surface area contributed by atoms with Crippen LogP contribution in [0.25, 0.3) is 11.1 Å². The summed E-state index contributed by atoms with van der Waals surface area (Å²) < 4.78 is 5.16. The quantitative estimate of drug-likeness (QED) is 0.209. The molecule has 172 valence electrons. The van der Waals surface area contributed by atoms with Crippen LogP contribution in [0, 0.1) is 0 Å². The molecule has 0 spiro atoms. The number of ether oxygens (including phenoxy) is 1. The van der Waals surface area contributed by atoms with Crippen LogP contribution < -0.4 is 0 Å². The summed E-state index contributed by atoms with van der Waals surface area (Å²) in [5.41, 5.74) is 4.34. The van der Waals surface area contributed by atoms with Gasteiger partial charge in [-0.1, -0.05) is 66.7 Å². The summed E-state index contributed by atoms with van der Waals surface area (Å²) in [4.78, 5) is 23.4. The number of carbonyl (C=O) groups is 1. The third-order valence-electron chi connectivity index (χ3n) is 7.13. The van der Waals surface area contributed by atoms with E-state index in [9.17, 15) is 20.1 Å². The van der Waals surface area contributed by atoms with E-state index in [1.165, 1.54) is 0 Å². The first-order valence-electron chi connectivity index (χ1n) is 11.1. The Morgan fingerprint density at radius 3 is 1.83 bits per heavy atom. The maximum absolute atomic E-state index is 13.8. The number of fused-ring (bicyclic) bond motifs is 4. The molecular formula is C28H18O7. The molecule has 7 rings (SSSR count). The lowest BCUT2D eigenvalue weighted by Gasteiger charge is -2.35. The number of epoxide rings is 1. The van der Waals surface area contributed by atoms with E-state index in [1.54, 1.807) is 36.4 Å². The van der Waals surface area contributed by atoms with Crippen LogP contribution in [0.15, 0.2) is 91.0 Å². The van der Waals surface area contributed by atoms with Crippen molar-refractivity contribution in [3.8, 4) is 22.6 Å². The summed E-state index contributed by atoms with van der Waals surface area (Å²) in [6, 6.07) is 27.0. The van der Waals surface area contributed by atoms with Crippen molar-refractivity contribution in [1.82, 2.24) is 0 Å². The lowest BCUT2D eigenvalue weighted by molar-refractivity contribution is -0.499. The summed E-state index contributed by atoms with van der Waals surface area (Å²) in [7, 11) is 0. The van der Waals surface area contributed by atoms with Gasteiger partial charge in [0, 0.05) is 5.56 Å². The number of benzene rings is 4. The minimum atomic E-state index is -2.09. The molecule has 7 heteroatoms. The van der Waals surface area contributed by atoms with E-state index in [0.717, 1.165) is 27.8 Å². The van der Waals surface area contributed by atoms with Crippen molar-refractivity contribution in [1.29, 1.82) is 0 Å². The molecule has 3 aliphatic rings. The SMILES string of the molecule is O=C(c1cccc2c1C(c1ccc(O)cc1)(c1ccc(O)cc1)c1ccccc1-2)C12OOC1(O)O2. The average molecular weight is 466 g/mol. The Morgan fingerprint density at radius 2 is 1.29 bits per heavy atom. The Hall–Kier alpha value is -4.01. The van der Waals surface area contributed by atoms with Gasteiger partial charge < -0.3 is 15.3 Å². The highest BCUT2D eigenvalue weighted by molar-refractivity contribution is 6.08. The zero-order valence-corrected chi connectivity index (χ0v) is 18.1. The highest BCUT2D eigenvalue weighted by Crippen LogP contribution is 2.62. The van der Waals surface area contributed by atoms with Gasteiger partial charge in [0.1, 0.15) is 11.5 Å². The number of phenolic OH excluding ortho intramolecular Hbond substituents is 2. The number of phenols is 2. The standard InChI is InChI=1S/C28H18O7/c29-18-12-8-16(9-13-18)26(17-10-14-19(30)15-11-17)23-7-2-1-4-20(23)21-5-3-6-22(24(21)26)25(31)27-28(32,33-27)35-34-27/h1-15,29-30,32H. The average Bonchev–Trinajstić information content (AvgIpc) is 3.17. The molecule has 2 heterocycles. The minimum Gasteiger partial charge on any atom is -0.508 e. The number of Topliss-reactive ketones (excluding diaryl/α,β-unsaturated/α-hetero) is 1. The second-order valence-electron chi connectivity index (χ2n) is 8.91. The first-order chi connectivity index (χ1) is 16.9. The summed E-state index contributed by atoms with van der Waals surface area (Å²) in [5, 5.41) is 30.4. The van der Waals surface area contributed by atoms with Crippen LogP contribution in [-0.4, -0.2) is 32.9 Å². The largest absolute Gasteiger partial charge is 0.508 e. The predicted octanol–water partition coefficient (Wildman–Crippen LogP) is 3.98. The number of ketones is 1. The Bertz CT molecular complexity index is 1480. The maximum atomic E-state index is 13.8. The summed E-state index contributed by atoms with van der Waals surface area (Å²) >= 11 is 0. The van der Waals surface area contributed by atoms with Gasteiger partial charge in [0.05, 0.1) is 5.41 Å². The normalized spacial score (nSPS) is 24.6. The Morgan fingerprint density at radius 1 is 0.686 bits per heavy atom. The first kappa shape index (κ1) is 20.4. The molecule has 0 amide bonds. The number of carbonyl (C=O) groups excluding carboxylic acids is 1. The van der Waals surface area contributed by atoms with Gasteiger partial charge >= 0.3 is 11.8 Å². The van der Waals surface area contributed by atoms with Gasteiger partial charge in [0.25, 0.3) is 0 Å². The molecule has 7 nitrogen and oxygen atoms in total. The van der Waals surface area contributed by atoms with Crippen molar-refractivity contribution < 1.29 is 34.6 Å². The number of aliphatic hydroxyl groups is 1. The van der Waals surface area contributed by atoms with Gasteiger partial charge in [0.2, 0.25) is 5.78 Å². The van der Waals surface area contributed by atoms with Crippen molar-refractivity contribution in [2.75, 3.05) is 0 Å². The van der Waals surface area contributed by atoms with E-state index < -0.39 is 23.0 Å². The molecule has 2 aliphatic heterocycles. The lowest BCUT2D eigenvalue weighted by atomic mass is 9.66. The van der Waals surface area contributed by atoms with Crippen molar-refractivity contribution >= 4 is 5.78 Å². The molecule has 0 aromatic heterocycles. The second kappa shape index (κ2) is 6.56. The highest BCUT2D eigenvalue weighted by Gasteiger charge is 2.89. The number of rotatable bonds is 4. The first-order valence-corrected chi connectivity index (χ1v) is 11.1. The fourth-order valence-corrected chi connectivity index (χ4v) is 5.54. The van der Waals surface area contributed by atoms with Crippen molar-refractivity contribution in [2.24, 2.45) is 0 Å². The lowest BCUT2D eigenvalue weighted by Crippen LogP contribution is -2.48. The molecule has 2 atom stereocenters. The van der Waals surface area contributed by atoms with Gasteiger partial charge in [0.15, 0.2) is 0 Å². The third-order valence-corrected chi connectivity index (χ3v) is 7.13. The van der Waals surface area contributed by atoms with E-state index in [0.29, 0.717) is 11.1 Å². The molecule has 4 aromatic rings. The number of hydrogen-bond acceptors (Lipinski definition) is 7. The molecule has 0 bridgehead atoms. The van der Waals surface area contributed by atoms with E-state index >= 15 is 0 Å². The molecule has 0 radical (unpaired) electrons. The van der Waals surface area contributed by atoms with E-state index in [-0.39, 0.29) is 11.5 Å². The van der Waals surface area contributed by atoms with E-state index in [1.807, 2.05) is 54.6 Å². The fraction of sp³-hybridized carbons (Fsp3) is 0.107. The molecule has 2 fully saturated rings. The van der Waals surface area contributed by atoms with Crippen LogP contribution in [0.2, 0.25) is 0 Å². The second-order valence-corrected chi connectivity index (χ2v) is 8.91. The van der Waals surface area contributed by atoms with Crippen LogP contribution in [-0.2, 0) is 19.9 Å². The van der Waals surface area contributed by atoms with Crippen molar-refractivity contribution in [3.05, 3.63) is 119 Å². The molecule has 0 saturated carbocycles. The minimum absolute atomic E-state index is 0.112. The smallest absolute Gasteiger partial charge is 0.380 e. The fourth-order valence-electron chi connectivity index (χ4n) is 5.54. The maximum Gasteiger partial charge on any atom is 0.380 e. The van der Waals surface area contributed by atoms with E-state index in [2.05, 4.69) is 4.89 Å². The summed E-state index contributed by atoms with van der Waals surface area (Å²) in [6.07, 6.45) is 0. The van der Waals surface area contributed by atoms with Gasteiger partial charge in [-0.2, -0.15) is 9.78 Å². The van der Waals surface area contributed by atoms with Crippen LogP contribution >= 0.6 is 0 Å². The Labute approximate surface area is 199 Å². The summed E-state index contributed by atoms with van der Waals surface area (Å²) in [6.45, 7) is 0. The number of hydrogen-bond donors (Lipinski definition) is 3. The topological polar surface area (TPSA) is 109 Å². The molecular weight excluding hydrogens is 448 g/mol. The van der Waals surface area contributed by atoms with Gasteiger partial charge in [-0.15, -0.1) is 0 Å². The van der Waals surface area contributed by atoms with Gasteiger partial charge in [-0.05, 0) is 57.6 Å². The third kappa shape index (κ3) is 2.40. The van der Waals surface area contributed by atoms with Gasteiger partial charge in [-0.3, -0.25) is 9.53 Å². The summed E-state index contributed by atoms with van der Waals surface area (Å²) in [5.74, 6) is -4.32. The Balaban J connectivity index is 1.60. The highest BCUT2D eigenvalue weighted by atomic mass is 17.4. The molecule has 2 saturated heterocycles. The molecule has 3 N–H and O–H groups in total. The van der Waals surface area contributed by atoms with Crippen LogP contribution in [0.1, 0.15) is 32.6 Å². The van der Waals surface area contributed by atoms with Gasteiger partial charge in [-0.25, -0.2) is 0 Å². The number of aromatic hydroxyl groups is 2. The van der Waals surface area contributed by atoms with Crippen LogP contribution in [0.5, 0.6) is 11.5 Å². The zero-order valence-electron chi connectivity index (χ0n) is 18.1.